The van der Waals surface area contributed by atoms with Crippen molar-refractivity contribution in [3.8, 4) is 0 Å². The summed E-state index contributed by atoms with van der Waals surface area (Å²) in [5.74, 6) is 0. The minimum Gasteiger partial charge on any atom is -0.399 e. The molecule has 0 bridgehead atoms. The molecular weight excluding hydrogens is 322 g/mol. The number of halogens is 1. The van der Waals surface area contributed by atoms with Gasteiger partial charge in [-0.2, -0.15) is 0 Å². The molecule has 3 rings (SSSR count). The van der Waals surface area contributed by atoms with Crippen LogP contribution in [0.25, 0.3) is 0 Å². The zero-order valence-corrected chi connectivity index (χ0v) is 16.2. The van der Waals surface area contributed by atoms with Gasteiger partial charge in [0.2, 0.25) is 0 Å². The molecule has 2 aliphatic rings. The summed E-state index contributed by atoms with van der Waals surface area (Å²) in [6.45, 7) is 13.5. The lowest BCUT2D eigenvalue weighted by molar-refractivity contribution is 0.00578. The molecule has 4 nitrogen and oxygen atoms in total. The van der Waals surface area contributed by atoms with Gasteiger partial charge in [-0.15, -0.1) is 0 Å². The molecule has 0 spiro atoms. The van der Waals surface area contributed by atoms with E-state index in [2.05, 4.69) is 50.6 Å². The number of rotatable bonds is 3. The molecular formula is C18H28BClN2O2. The van der Waals surface area contributed by atoms with Gasteiger partial charge >= 0.3 is 7.12 Å². The van der Waals surface area contributed by atoms with Crippen molar-refractivity contribution in [3.63, 3.8) is 0 Å². The molecule has 0 unspecified atom stereocenters. The van der Waals surface area contributed by atoms with Crippen LogP contribution in [0.3, 0.4) is 0 Å². The van der Waals surface area contributed by atoms with E-state index in [4.69, 9.17) is 20.9 Å². The molecule has 24 heavy (non-hydrogen) atoms. The van der Waals surface area contributed by atoms with E-state index in [0.717, 1.165) is 48.8 Å². The van der Waals surface area contributed by atoms with Crippen LogP contribution in [0.15, 0.2) is 18.2 Å². The zero-order valence-electron chi connectivity index (χ0n) is 15.4. The van der Waals surface area contributed by atoms with Gasteiger partial charge in [0.1, 0.15) is 0 Å². The van der Waals surface area contributed by atoms with Gasteiger partial charge in [-0.3, -0.25) is 4.90 Å². The SMILES string of the molecule is CN1CCN(Cc2c(Cl)cccc2B2OC(C)(C)C(C)(C)O2)CC1. The summed E-state index contributed by atoms with van der Waals surface area (Å²) in [5, 5.41) is 0.793. The van der Waals surface area contributed by atoms with Crippen LogP contribution in [0.5, 0.6) is 0 Å². The smallest absolute Gasteiger partial charge is 0.399 e. The first kappa shape index (κ1) is 18.2. The van der Waals surface area contributed by atoms with Crippen molar-refractivity contribution >= 4 is 24.2 Å². The minimum atomic E-state index is -0.365. The van der Waals surface area contributed by atoms with Gasteiger partial charge in [-0.1, -0.05) is 23.7 Å². The van der Waals surface area contributed by atoms with Crippen molar-refractivity contribution < 1.29 is 9.31 Å². The van der Waals surface area contributed by atoms with Crippen LogP contribution < -0.4 is 5.46 Å². The van der Waals surface area contributed by atoms with Crippen molar-refractivity contribution in [2.45, 2.75) is 45.4 Å². The van der Waals surface area contributed by atoms with Crippen molar-refractivity contribution in [2.24, 2.45) is 0 Å². The molecule has 0 radical (unpaired) electrons. The van der Waals surface area contributed by atoms with E-state index in [-0.39, 0.29) is 18.3 Å². The standard InChI is InChI=1S/C18H28BClN2O2/c1-17(2)18(3,4)24-19(23-17)15-7-6-8-16(20)14(15)13-22-11-9-21(5)10-12-22/h6-8H,9-13H2,1-5H3. The molecule has 1 aromatic rings. The van der Waals surface area contributed by atoms with Gasteiger partial charge in [0.05, 0.1) is 11.2 Å². The molecule has 2 fully saturated rings. The molecule has 0 amide bonds. The molecule has 0 aromatic heterocycles. The molecule has 6 heteroatoms. The average molecular weight is 351 g/mol. The molecule has 0 N–H and O–H groups in total. The highest BCUT2D eigenvalue weighted by Crippen LogP contribution is 2.37. The highest BCUT2D eigenvalue weighted by atomic mass is 35.5. The molecule has 0 atom stereocenters. The lowest BCUT2D eigenvalue weighted by atomic mass is 9.75. The highest BCUT2D eigenvalue weighted by molar-refractivity contribution is 6.63. The van der Waals surface area contributed by atoms with Gasteiger partial charge in [-0.25, -0.2) is 0 Å². The Balaban J connectivity index is 1.83. The maximum Gasteiger partial charge on any atom is 0.495 e. The fourth-order valence-corrected chi connectivity index (χ4v) is 3.40. The van der Waals surface area contributed by atoms with Crippen LogP contribution in [0.2, 0.25) is 5.02 Å². The molecule has 2 aliphatic heterocycles. The van der Waals surface area contributed by atoms with E-state index in [1.54, 1.807) is 0 Å². The van der Waals surface area contributed by atoms with Gasteiger partial charge < -0.3 is 14.2 Å². The van der Waals surface area contributed by atoms with Crippen molar-refractivity contribution in [1.29, 1.82) is 0 Å². The Labute approximate surface area is 151 Å². The third-order valence-electron chi connectivity index (χ3n) is 5.64. The highest BCUT2D eigenvalue weighted by Gasteiger charge is 2.52. The summed E-state index contributed by atoms with van der Waals surface area (Å²) in [4.78, 5) is 4.81. The second-order valence-electron chi connectivity index (χ2n) is 7.98. The Bertz CT molecular complexity index is 585. The number of piperazine rings is 1. The van der Waals surface area contributed by atoms with Crippen LogP contribution in [0.4, 0.5) is 0 Å². The van der Waals surface area contributed by atoms with E-state index in [0.29, 0.717) is 0 Å². The first-order valence-electron chi connectivity index (χ1n) is 8.73. The molecule has 2 heterocycles. The third-order valence-corrected chi connectivity index (χ3v) is 5.99. The average Bonchev–Trinajstić information content (AvgIpc) is 2.71. The summed E-state index contributed by atoms with van der Waals surface area (Å²) in [5.41, 5.74) is 1.50. The van der Waals surface area contributed by atoms with Gasteiger partial charge in [0.15, 0.2) is 0 Å². The quantitative estimate of drug-likeness (QED) is 0.782. The Morgan fingerprint density at radius 2 is 1.62 bits per heavy atom. The van der Waals surface area contributed by atoms with Gasteiger partial charge in [-0.05, 0) is 51.8 Å². The van der Waals surface area contributed by atoms with E-state index >= 15 is 0 Å². The number of hydrogen-bond donors (Lipinski definition) is 0. The second kappa shape index (κ2) is 6.62. The Kier molecular flexibility index (Phi) is 5.02. The fraction of sp³-hybridized carbons (Fsp3) is 0.667. The largest absolute Gasteiger partial charge is 0.495 e. The predicted molar refractivity (Wildman–Crippen MR) is 99.9 cm³/mol. The van der Waals surface area contributed by atoms with Crippen LogP contribution in [0, 0.1) is 0 Å². The number of benzene rings is 1. The van der Waals surface area contributed by atoms with E-state index in [1.807, 2.05) is 12.1 Å². The monoisotopic (exact) mass is 350 g/mol. The number of likely N-dealkylation sites (N-methyl/N-ethyl adjacent to an activating group) is 1. The summed E-state index contributed by atoms with van der Waals surface area (Å²) < 4.78 is 12.5. The van der Waals surface area contributed by atoms with Gasteiger partial charge in [0, 0.05) is 37.7 Å². The summed E-state index contributed by atoms with van der Waals surface area (Å²) in [7, 11) is 1.80. The lowest BCUT2D eigenvalue weighted by Gasteiger charge is -2.33. The maximum absolute atomic E-state index is 6.55. The summed E-state index contributed by atoms with van der Waals surface area (Å²) in [6, 6.07) is 6.03. The lowest BCUT2D eigenvalue weighted by Crippen LogP contribution is -2.45. The normalized spacial score (nSPS) is 24.5. The Hall–Kier alpha value is -0.585. The summed E-state index contributed by atoms with van der Waals surface area (Å²) >= 11 is 6.55. The second-order valence-corrected chi connectivity index (χ2v) is 8.38. The summed E-state index contributed by atoms with van der Waals surface area (Å²) in [6.07, 6.45) is 0. The van der Waals surface area contributed by atoms with E-state index in [9.17, 15) is 0 Å². The van der Waals surface area contributed by atoms with Crippen molar-refractivity contribution in [3.05, 3.63) is 28.8 Å². The Morgan fingerprint density at radius 3 is 2.21 bits per heavy atom. The van der Waals surface area contributed by atoms with Gasteiger partial charge in [0.25, 0.3) is 0 Å². The first-order chi connectivity index (χ1) is 11.2. The fourth-order valence-electron chi connectivity index (χ4n) is 3.16. The van der Waals surface area contributed by atoms with Crippen molar-refractivity contribution in [2.75, 3.05) is 33.2 Å². The van der Waals surface area contributed by atoms with Crippen LogP contribution in [-0.4, -0.2) is 61.3 Å². The van der Waals surface area contributed by atoms with E-state index < -0.39 is 0 Å². The van der Waals surface area contributed by atoms with Crippen LogP contribution >= 0.6 is 11.6 Å². The predicted octanol–water partition coefficient (Wildman–Crippen LogP) is 2.39. The number of nitrogens with zero attached hydrogens (tertiary/aromatic N) is 2. The first-order valence-corrected chi connectivity index (χ1v) is 9.11. The molecule has 2 saturated heterocycles. The van der Waals surface area contributed by atoms with Crippen molar-refractivity contribution in [1.82, 2.24) is 9.80 Å². The van der Waals surface area contributed by atoms with Crippen LogP contribution in [0.1, 0.15) is 33.3 Å². The third kappa shape index (κ3) is 3.51. The molecule has 0 saturated carbocycles. The molecule has 132 valence electrons. The van der Waals surface area contributed by atoms with Crippen LogP contribution in [-0.2, 0) is 15.9 Å². The van der Waals surface area contributed by atoms with E-state index in [1.165, 1.54) is 0 Å². The topological polar surface area (TPSA) is 24.9 Å². The number of hydrogen-bond acceptors (Lipinski definition) is 4. The zero-order chi connectivity index (χ0) is 17.5. The Morgan fingerprint density at radius 1 is 1.04 bits per heavy atom. The minimum absolute atomic E-state index is 0.342. The maximum atomic E-state index is 6.55. The molecule has 1 aromatic carbocycles. The molecule has 0 aliphatic carbocycles.